The highest BCUT2D eigenvalue weighted by atomic mass is 35.5. The van der Waals surface area contributed by atoms with E-state index in [-0.39, 0.29) is 22.9 Å². The SMILES string of the molecule is CCOC(=O)C1=C(C)N=c2sc(=Cc3ccc(-c4ccc([N+](=O)[O-])cc4Cl)o3)c(=O)n2[C@@H]1c1ccc(N(C)C)cc1. The Morgan fingerprint density at radius 3 is 2.59 bits per heavy atom. The number of thiazole rings is 1. The van der Waals surface area contributed by atoms with Crippen molar-refractivity contribution in [1.82, 2.24) is 4.57 Å². The van der Waals surface area contributed by atoms with E-state index in [9.17, 15) is 19.7 Å². The summed E-state index contributed by atoms with van der Waals surface area (Å²) in [6, 6.07) is 14.4. The molecule has 5 rings (SSSR count). The van der Waals surface area contributed by atoms with Gasteiger partial charge < -0.3 is 14.1 Å². The Hall–Kier alpha value is -4.48. The number of benzene rings is 2. The highest BCUT2D eigenvalue weighted by molar-refractivity contribution is 7.07. The maximum absolute atomic E-state index is 13.8. The minimum absolute atomic E-state index is 0.130. The van der Waals surface area contributed by atoms with Crippen molar-refractivity contribution in [2.75, 3.05) is 25.6 Å². The number of esters is 1. The number of fused-ring (bicyclic) bond motifs is 1. The lowest BCUT2D eigenvalue weighted by atomic mass is 9.95. The number of halogens is 1. The van der Waals surface area contributed by atoms with Crippen LogP contribution < -0.4 is 19.8 Å². The van der Waals surface area contributed by atoms with Crippen molar-refractivity contribution in [3.05, 3.63) is 112 Å². The minimum atomic E-state index is -0.727. The quantitative estimate of drug-likeness (QED) is 0.173. The van der Waals surface area contributed by atoms with Crippen molar-refractivity contribution >= 4 is 46.4 Å². The van der Waals surface area contributed by atoms with E-state index in [0.29, 0.717) is 37.7 Å². The fourth-order valence-electron chi connectivity index (χ4n) is 4.58. The summed E-state index contributed by atoms with van der Waals surface area (Å²) in [4.78, 5) is 44.4. The molecule has 210 valence electrons. The number of allylic oxidation sites excluding steroid dienone is 1. The lowest BCUT2D eigenvalue weighted by molar-refractivity contribution is -0.384. The number of hydrogen-bond donors (Lipinski definition) is 0. The Balaban J connectivity index is 1.60. The first-order valence-electron chi connectivity index (χ1n) is 12.6. The van der Waals surface area contributed by atoms with Crippen LogP contribution in [0.15, 0.2) is 80.1 Å². The third kappa shape index (κ3) is 5.33. The van der Waals surface area contributed by atoms with Crippen molar-refractivity contribution in [2.24, 2.45) is 4.99 Å². The molecule has 0 saturated heterocycles. The molecule has 3 heterocycles. The average Bonchev–Trinajstić information content (AvgIpc) is 3.52. The number of furan rings is 1. The standard InChI is InChI=1S/C29H25ClN4O6S/c1-5-39-28(36)25-16(2)31-29-33(26(25)17-6-8-18(9-7-17)32(3)4)27(35)24(41-29)15-20-11-13-23(40-20)21-12-10-19(34(37)38)14-22(21)30/h6-15,26H,5H2,1-4H3/t26-/m1/s1. The smallest absolute Gasteiger partial charge is 0.338 e. The number of nitro benzene ring substituents is 1. The molecule has 1 aliphatic heterocycles. The number of nitrogens with zero attached hydrogens (tertiary/aromatic N) is 4. The summed E-state index contributed by atoms with van der Waals surface area (Å²) < 4.78 is 13.1. The molecule has 41 heavy (non-hydrogen) atoms. The van der Waals surface area contributed by atoms with E-state index in [0.717, 1.165) is 11.3 Å². The Morgan fingerprint density at radius 1 is 1.22 bits per heavy atom. The van der Waals surface area contributed by atoms with Gasteiger partial charge in [0.2, 0.25) is 0 Å². The van der Waals surface area contributed by atoms with Crippen LogP contribution in [0.2, 0.25) is 5.02 Å². The number of anilines is 1. The van der Waals surface area contributed by atoms with E-state index in [1.165, 1.54) is 34.1 Å². The number of aromatic nitrogens is 1. The number of rotatable bonds is 7. The van der Waals surface area contributed by atoms with Crippen molar-refractivity contribution < 1.29 is 18.9 Å². The first-order valence-corrected chi connectivity index (χ1v) is 13.8. The van der Waals surface area contributed by atoms with Crippen LogP contribution in [0.4, 0.5) is 11.4 Å². The first-order chi connectivity index (χ1) is 19.6. The predicted octanol–water partition coefficient (Wildman–Crippen LogP) is 4.69. The van der Waals surface area contributed by atoms with Crippen molar-refractivity contribution in [2.45, 2.75) is 19.9 Å². The number of non-ortho nitro benzene ring substituents is 1. The third-order valence-electron chi connectivity index (χ3n) is 6.57. The molecule has 0 unspecified atom stereocenters. The molecule has 1 atom stereocenters. The summed E-state index contributed by atoms with van der Waals surface area (Å²) in [6.07, 6.45) is 1.60. The molecule has 0 spiro atoms. The highest BCUT2D eigenvalue weighted by Gasteiger charge is 2.33. The molecule has 0 radical (unpaired) electrons. The fourth-order valence-corrected chi connectivity index (χ4v) is 5.88. The van der Waals surface area contributed by atoms with Gasteiger partial charge in [0.15, 0.2) is 4.80 Å². The second kappa shape index (κ2) is 11.2. The lowest BCUT2D eigenvalue weighted by Gasteiger charge is -2.25. The van der Waals surface area contributed by atoms with E-state index in [2.05, 4.69) is 4.99 Å². The molecule has 0 fully saturated rings. The molecular weight excluding hydrogens is 568 g/mol. The van der Waals surface area contributed by atoms with Gasteiger partial charge in [-0.3, -0.25) is 19.5 Å². The molecule has 0 N–H and O–H groups in total. The van der Waals surface area contributed by atoms with E-state index in [1.807, 2.05) is 43.3 Å². The molecule has 1 aliphatic rings. The van der Waals surface area contributed by atoms with Crippen molar-refractivity contribution in [3.63, 3.8) is 0 Å². The van der Waals surface area contributed by atoms with E-state index >= 15 is 0 Å². The maximum Gasteiger partial charge on any atom is 0.338 e. The summed E-state index contributed by atoms with van der Waals surface area (Å²) in [7, 11) is 3.86. The molecule has 2 aromatic carbocycles. The van der Waals surface area contributed by atoms with Gasteiger partial charge in [0, 0.05) is 43.6 Å². The molecule has 0 aliphatic carbocycles. The van der Waals surface area contributed by atoms with Gasteiger partial charge in [0.25, 0.3) is 11.2 Å². The fraction of sp³-hybridized carbons (Fsp3) is 0.207. The zero-order valence-electron chi connectivity index (χ0n) is 22.6. The molecule has 0 bridgehead atoms. The van der Waals surface area contributed by atoms with E-state index in [4.69, 9.17) is 20.8 Å². The Labute approximate surface area is 243 Å². The van der Waals surface area contributed by atoms with Crippen LogP contribution in [0.1, 0.15) is 31.2 Å². The van der Waals surface area contributed by atoms with Crippen LogP contribution in [0.3, 0.4) is 0 Å². The number of nitro groups is 1. The number of carbonyl (C=O) groups is 1. The van der Waals surface area contributed by atoms with Gasteiger partial charge in [0.05, 0.1) is 38.4 Å². The molecule has 2 aromatic heterocycles. The van der Waals surface area contributed by atoms with Gasteiger partial charge in [-0.05, 0) is 49.7 Å². The van der Waals surface area contributed by atoms with Crippen LogP contribution in [-0.2, 0) is 9.53 Å². The summed E-state index contributed by atoms with van der Waals surface area (Å²) in [6.45, 7) is 3.65. The molecule has 10 nitrogen and oxygen atoms in total. The summed E-state index contributed by atoms with van der Waals surface area (Å²) in [5, 5.41) is 11.2. The normalized spacial score (nSPS) is 15.0. The summed E-state index contributed by atoms with van der Waals surface area (Å²) >= 11 is 7.44. The monoisotopic (exact) mass is 592 g/mol. The Morgan fingerprint density at radius 2 is 1.95 bits per heavy atom. The minimum Gasteiger partial charge on any atom is -0.463 e. The zero-order valence-corrected chi connectivity index (χ0v) is 24.2. The van der Waals surface area contributed by atoms with Crippen LogP contribution in [0.5, 0.6) is 0 Å². The van der Waals surface area contributed by atoms with Gasteiger partial charge in [-0.15, -0.1) is 0 Å². The molecule has 4 aromatic rings. The number of carbonyl (C=O) groups excluding carboxylic acids is 1. The molecule has 0 saturated carbocycles. The van der Waals surface area contributed by atoms with E-state index < -0.39 is 16.9 Å². The van der Waals surface area contributed by atoms with Gasteiger partial charge in [-0.2, -0.15) is 0 Å². The molecule has 12 heteroatoms. The van der Waals surface area contributed by atoms with Crippen molar-refractivity contribution in [3.8, 4) is 11.3 Å². The Kier molecular flexibility index (Phi) is 7.65. The topological polar surface area (TPSA) is 120 Å². The highest BCUT2D eigenvalue weighted by Crippen LogP contribution is 2.33. The summed E-state index contributed by atoms with van der Waals surface area (Å²) in [5.74, 6) is 0.247. The van der Waals surface area contributed by atoms with Gasteiger partial charge >= 0.3 is 5.97 Å². The van der Waals surface area contributed by atoms with Gasteiger partial charge in [0.1, 0.15) is 11.5 Å². The van der Waals surface area contributed by atoms with E-state index in [1.54, 1.807) is 32.1 Å². The average molecular weight is 593 g/mol. The van der Waals surface area contributed by atoms with Crippen LogP contribution in [-0.4, -0.2) is 36.2 Å². The Bertz CT molecular complexity index is 1880. The number of hydrogen-bond acceptors (Lipinski definition) is 9. The van der Waals surface area contributed by atoms with Crippen molar-refractivity contribution in [1.29, 1.82) is 0 Å². The second-order valence-electron chi connectivity index (χ2n) is 9.41. The third-order valence-corrected chi connectivity index (χ3v) is 7.87. The molecule has 0 amide bonds. The van der Waals surface area contributed by atoms with Gasteiger partial charge in [-0.25, -0.2) is 9.79 Å². The summed E-state index contributed by atoms with van der Waals surface area (Å²) in [5.41, 5.74) is 2.51. The molecular formula is C29H25ClN4O6S. The van der Waals surface area contributed by atoms with Crippen LogP contribution in [0.25, 0.3) is 17.4 Å². The largest absolute Gasteiger partial charge is 0.463 e. The lowest BCUT2D eigenvalue weighted by Crippen LogP contribution is -2.39. The van der Waals surface area contributed by atoms with Crippen LogP contribution >= 0.6 is 22.9 Å². The zero-order chi connectivity index (χ0) is 29.4. The number of ether oxygens (including phenoxy) is 1. The van der Waals surface area contributed by atoms with Crippen LogP contribution in [0, 0.1) is 10.1 Å². The maximum atomic E-state index is 13.8. The second-order valence-corrected chi connectivity index (χ2v) is 10.8. The van der Waals surface area contributed by atoms with Gasteiger partial charge in [-0.1, -0.05) is 35.1 Å². The first kappa shape index (κ1) is 28.1. The predicted molar refractivity (Wildman–Crippen MR) is 157 cm³/mol.